The molecule has 0 radical (unpaired) electrons. The smallest absolute Gasteiger partial charge is 0.267 e. The van der Waals surface area contributed by atoms with Crippen molar-refractivity contribution < 1.29 is 4.79 Å². The van der Waals surface area contributed by atoms with E-state index in [0.717, 1.165) is 0 Å². The minimum absolute atomic E-state index is 0.282. The zero-order valence-corrected chi connectivity index (χ0v) is 11.3. The van der Waals surface area contributed by atoms with Gasteiger partial charge in [0, 0.05) is 11.1 Å². The third kappa shape index (κ3) is 3.56. The van der Waals surface area contributed by atoms with Crippen LogP contribution in [0.5, 0.6) is 0 Å². The lowest BCUT2D eigenvalue weighted by Crippen LogP contribution is -2.17. The number of carbonyl (C=O) groups excluding carboxylic acids is 1. The van der Waals surface area contributed by atoms with Gasteiger partial charge in [-0.3, -0.25) is 4.79 Å². The second-order valence-corrected chi connectivity index (χ2v) is 4.49. The van der Waals surface area contributed by atoms with Gasteiger partial charge in [0.25, 0.3) is 5.91 Å². The SMILES string of the molecule is O=C(NN=Cc1cccc(Cl)c1Cl)c1ccccc1. The fraction of sp³-hybridized carbons (Fsp3) is 0. The molecular weight excluding hydrogens is 283 g/mol. The molecule has 1 N–H and O–H groups in total. The lowest BCUT2D eigenvalue weighted by Gasteiger charge is -2.01. The van der Waals surface area contributed by atoms with Gasteiger partial charge in [0.15, 0.2) is 0 Å². The quantitative estimate of drug-likeness (QED) is 0.679. The summed E-state index contributed by atoms with van der Waals surface area (Å²) in [5.41, 5.74) is 3.60. The predicted molar refractivity (Wildman–Crippen MR) is 78.0 cm³/mol. The van der Waals surface area contributed by atoms with E-state index in [1.807, 2.05) is 6.07 Å². The van der Waals surface area contributed by atoms with E-state index in [1.54, 1.807) is 42.5 Å². The topological polar surface area (TPSA) is 41.5 Å². The Kier molecular flexibility index (Phi) is 4.55. The second-order valence-electron chi connectivity index (χ2n) is 3.71. The Morgan fingerprint density at radius 3 is 2.53 bits per heavy atom. The second kappa shape index (κ2) is 6.36. The monoisotopic (exact) mass is 292 g/mol. The average molecular weight is 293 g/mol. The maximum Gasteiger partial charge on any atom is 0.271 e. The van der Waals surface area contributed by atoms with Crippen LogP contribution < -0.4 is 5.43 Å². The Balaban J connectivity index is 2.05. The van der Waals surface area contributed by atoms with Gasteiger partial charge in [-0.15, -0.1) is 0 Å². The summed E-state index contributed by atoms with van der Waals surface area (Å²) in [4.78, 5) is 11.7. The van der Waals surface area contributed by atoms with Crippen LogP contribution in [0.2, 0.25) is 10.0 Å². The predicted octanol–water partition coefficient (Wildman–Crippen LogP) is 3.76. The zero-order chi connectivity index (χ0) is 13.7. The minimum atomic E-state index is -0.282. The van der Waals surface area contributed by atoms with E-state index in [9.17, 15) is 4.79 Å². The standard InChI is InChI=1S/C14H10Cl2N2O/c15-12-8-4-7-11(13(12)16)9-17-18-14(19)10-5-2-1-3-6-10/h1-9H,(H,18,19). The molecule has 2 aromatic carbocycles. The number of halogens is 2. The number of carbonyl (C=O) groups is 1. The molecule has 19 heavy (non-hydrogen) atoms. The molecule has 0 saturated heterocycles. The highest BCUT2D eigenvalue weighted by atomic mass is 35.5. The molecule has 2 rings (SSSR count). The normalized spacial score (nSPS) is 10.6. The van der Waals surface area contributed by atoms with Gasteiger partial charge in [-0.05, 0) is 18.2 Å². The van der Waals surface area contributed by atoms with Crippen LogP contribution in [0.4, 0.5) is 0 Å². The van der Waals surface area contributed by atoms with E-state index in [1.165, 1.54) is 6.21 Å². The molecule has 5 heteroatoms. The highest BCUT2D eigenvalue weighted by Crippen LogP contribution is 2.24. The molecule has 2 aromatic rings. The van der Waals surface area contributed by atoms with Gasteiger partial charge < -0.3 is 0 Å². The molecule has 0 aliphatic rings. The molecule has 0 saturated carbocycles. The van der Waals surface area contributed by atoms with Crippen molar-refractivity contribution in [3.05, 3.63) is 69.7 Å². The Morgan fingerprint density at radius 1 is 1.05 bits per heavy atom. The summed E-state index contributed by atoms with van der Waals surface area (Å²) in [5, 5.41) is 4.70. The molecule has 96 valence electrons. The van der Waals surface area contributed by atoms with Crippen molar-refractivity contribution in [1.29, 1.82) is 0 Å². The number of hydrazone groups is 1. The van der Waals surface area contributed by atoms with Crippen LogP contribution in [-0.4, -0.2) is 12.1 Å². The van der Waals surface area contributed by atoms with Gasteiger partial charge in [0.2, 0.25) is 0 Å². The van der Waals surface area contributed by atoms with Crippen molar-refractivity contribution in [3.8, 4) is 0 Å². The maximum absolute atomic E-state index is 11.7. The number of benzene rings is 2. The summed E-state index contributed by atoms with van der Waals surface area (Å²) >= 11 is 11.9. The van der Waals surface area contributed by atoms with E-state index in [0.29, 0.717) is 21.2 Å². The van der Waals surface area contributed by atoms with Gasteiger partial charge in [-0.1, -0.05) is 53.5 Å². The van der Waals surface area contributed by atoms with Crippen molar-refractivity contribution in [2.24, 2.45) is 5.10 Å². The third-order valence-electron chi connectivity index (χ3n) is 2.39. The first-order chi connectivity index (χ1) is 9.18. The van der Waals surface area contributed by atoms with Crippen molar-refractivity contribution in [3.63, 3.8) is 0 Å². The van der Waals surface area contributed by atoms with Crippen molar-refractivity contribution >= 4 is 35.3 Å². The van der Waals surface area contributed by atoms with Crippen molar-refractivity contribution in [2.75, 3.05) is 0 Å². The largest absolute Gasteiger partial charge is 0.271 e. The van der Waals surface area contributed by atoms with Crippen LogP contribution in [0.15, 0.2) is 53.6 Å². The first-order valence-electron chi connectivity index (χ1n) is 5.51. The zero-order valence-electron chi connectivity index (χ0n) is 9.81. The van der Waals surface area contributed by atoms with Crippen LogP contribution in [0.1, 0.15) is 15.9 Å². The summed E-state index contributed by atoms with van der Waals surface area (Å²) in [6.45, 7) is 0. The van der Waals surface area contributed by atoms with Crippen LogP contribution in [0.25, 0.3) is 0 Å². The van der Waals surface area contributed by atoms with E-state index in [-0.39, 0.29) is 5.91 Å². The summed E-state index contributed by atoms with van der Waals surface area (Å²) in [6.07, 6.45) is 1.45. The Morgan fingerprint density at radius 2 is 1.79 bits per heavy atom. The van der Waals surface area contributed by atoms with E-state index < -0.39 is 0 Å². The maximum atomic E-state index is 11.7. The summed E-state index contributed by atoms with van der Waals surface area (Å²) in [7, 11) is 0. The number of hydrogen-bond donors (Lipinski definition) is 1. The molecule has 0 heterocycles. The molecule has 0 spiro atoms. The molecule has 0 aliphatic carbocycles. The average Bonchev–Trinajstić information content (AvgIpc) is 2.44. The third-order valence-corrected chi connectivity index (χ3v) is 3.22. The van der Waals surface area contributed by atoms with Gasteiger partial charge in [-0.2, -0.15) is 5.10 Å². The molecule has 0 unspecified atom stereocenters. The fourth-order valence-corrected chi connectivity index (χ4v) is 1.79. The highest BCUT2D eigenvalue weighted by Gasteiger charge is 2.03. The first-order valence-corrected chi connectivity index (χ1v) is 6.26. The first kappa shape index (κ1) is 13.6. The molecular formula is C14H10Cl2N2O. The van der Waals surface area contributed by atoms with Gasteiger partial charge in [0.1, 0.15) is 0 Å². The van der Waals surface area contributed by atoms with Crippen LogP contribution in [-0.2, 0) is 0 Å². The minimum Gasteiger partial charge on any atom is -0.267 e. The molecule has 1 amide bonds. The lowest BCUT2D eigenvalue weighted by atomic mass is 10.2. The Bertz CT molecular complexity index is 612. The fourth-order valence-electron chi connectivity index (χ4n) is 1.43. The number of hydrogen-bond acceptors (Lipinski definition) is 2. The van der Waals surface area contributed by atoms with Crippen LogP contribution in [0.3, 0.4) is 0 Å². The number of amides is 1. The van der Waals surface area contributed by atoms with E-state index in [4.69, 9.17) is 23.2 Å². The lowest BCUT2D eigenvalue weighted by molar-refractivity contribution is 0.0955. The summed E-state index contributed by atoms with van der Waals surface area (Å²) in [6, 6.07) is 14.0. The van der Waals surface area contributed by atoms with Gasteiger partial charge >= 0.3 is 0 Å². The summed E-state index contributed by atoms with van der Waals surface area (Å²) in [5.74, 6) is -0.282. The van der Waals surface area contributed by atoms with Crippen molar-refractivity contribution in [2.45, 2.75) is 0 Å². The van der Waals surface area contributed by atoms with Gasteiger partial charge in [0.05, 0.1) is 16.3 Å². The molecule has 0 aliphatic heterocycles. The highest BCUT2D eigenvalue weighted by molar-refractivity contribution is 6.43. The number of nitrogens with one attached hydrogen (secondary N) is 1. The number of nitrogens with zero attached hydrogens (tertiary/aromatic N) is 1. The Hall–Kier alpha value is -1.84. The van der Waals surface area contributed by atoms with Crippen LogP contribution >= 0.6 is 23.2 Å². The molecule has 0 bridgehead atoms. The molecule has 0 aromatic heterocycles. The Labute approximate surface area is 120 Å². The summed E-state index contributed by atoms with van der Waals surface area (Å²) < 4.78 is 0. The molecule has 0 atom stereocenters. The number of rotatable bonds is 3. The molecule has 0 fully saturated rings. The van der Waals surface area contributed by atoms with Crippen LogP contribution in [0, 0.1) is 0 Å². The van der Waals surface area contributed by atoms with E-state index in [2.05, 4.69) is 10.5 Å². The van der Waals surface area contributed by atoms with Crippen molar-refractivity contribution in [1.82, 2.24) is 5.43 Å². The molecule has 3 nitrogen and oxygen atoms in total. The van der Waals surface area contributed by atoms with Gasteiger partial charge in [-0.25, -0.2) is 5.43 Å². The van der Waals surface area contributed by atoms with E-state index >= 15 is 0 Å².